The largest absolute Gasteiger partial charge is 0.465 e. The number of aromatic nitrogens is 1. The second-order valence-corrected chi connectivity index (χ2v) is 2.39. The van der Waals surface area contributed by atoms with Gasteiger partial charge in [-0.25, -0.2) is 9.78 Å². The second kappa shape index (κ2) is 3.54. The average Bonchev–Trinajstić information content (AvgIpc) is 2.03. The molecule has 0 spiro atoms. The third-order valence-electron chi connectivity index (χ3n) is 1.38. The van der Waals surface area contributed by atoms with Crippen LogP contribution in [0.25, 0.3) is 0 Å². The number of carbonyl (C=O) groups is 1. The minimum atomic E-state index is -1.23. The van der Waals surface area contributed by atoms with Gasteiger partial charge in [-0.15, -0.1) is 0 Å². The fraction of sp³-hybridized carbons (Fsp3) is 0.125. The maximum Gasteiger partial charge on any atom is 0.410 e. The Bertz CT molecular complexity index is 381. The van der Waals surface area contributed by atoms with E-state index in [0.717, 1.165) is 0 Å². The standard InChI is InChI=1S/C8H7N3O2/c1-5-2-3-6(4-9)7(10-5)11-8(12)13/h2-3H,1H3,(H,10,11)(H,12,13). The molecule has 0 radical (unpaired) electrons. The molecule has 1 rings (SSSR count). The summed E-state index contributed by atoms with van der Waals surface area (Å²) in [6, 6.07) is 5.01. The van der Waals surface area contributed by atoms with Crippen LogP contribution in [0.1, 0.15) is 11.3 Å². The van der Waals surface area contributed by atoms with Crippen molar-refractivity contribution >= 4 is 11.9 Å². The zero-order chi connectivity index (χ0) is 9.84. The molecule has 2 N–H and O–H groups in total. The Morgan fingerprint density at radius 1 is 1.69 bits per heavy atom. The Morgan fingerprint density at radius 3 is 2.92 bits per heavy atom. The molecule has 1 heterocycles. The van der Waals surface area contributed by atoms with E-state index >= 15 is 0 Å². The molecule has 0 saturated carbocycles. The van der Waals surface area contributed by atoms with Gasteiger partial charge in [0.2, 0.25) is 0 Å². The number of nitrogens with zero attached hydrogens (tertiary/aromatic N) is 2. The topological polar surface area (TPSA) is 86.0 Å². The van der Waals surface area contributed by atoms with Crippen LogP contribution >= 0.6 is 0 Å². The number of pyridine rings is 1. The summed E-state index contributed by atoms with van der Waals surface area (Å²) in [5, 5.41) is 19.1. The third-order valence-corrected chi connectivity index (χ3v) is 1.38. The van der Waals surface area contributed by atoms with Gasteiger partial charge in [0.05, 0.1) is 5.56 Å². The van der Waals surface area contributed by atoms with E-state index in [4.69, 9.17) is 10.4 Å². The van der Waals surface area contributed by atoms with Crippen LogP contribution in [0.5, 0.6) is 0 Å². The number of aryl methyl sites for hydroxylation is 1. The van der Waals surface area contributed by atoms with E-state index in [-0.39, 0.29) is 11.4 Å². The van der Waals surface area contributed by atoms with Gasteiger partial charge in [0.1, 0.15) is 6.07 Å². The van der Waals surface area contributed by atoms with Gasteiger partial charge < -0.3 is 5.11 Å². The first-order valence-electron chi connectivity index (χ1n) is 3.51. The van der Waals surface area contributed by atoms with Crippen molar-refractivity contribution in [2.45, 2.75) is 6.92 Å². The summed E-state index contributed by atoms with van der Waals surface area (Å²) in [5.74, 6) is 0.0787. The monoisotopic (exact) mass is 177 g/mol. The molecule has 1 aromatic rings. The molecule has 0 atom stereocenters. The van der Waals surface area contributed by atoms with E-state index in [1.165, 1.54) is 6.07 Å². The molecule has 1 amide bonds. The number of nitriles is 1. The Kier molecular flexibility index (Phi) is 2.45. The summed E-state index contributed by atoms with van der Waals surface area (Å²) in [7, 11) is 0. The minimum Gasteiger partial charge on any atom is -0.465 e. The molecular formula is C8H7N3O2. The normalized spacial score (nSPS) is 8.92. The predicted octanol–water partition coefficient (Wildman–Crippen LogP) is 1.35. The van der Waals surface area contributed by atoms with Crippen LogP contribution in [0.2, 0.25) is 0 Å². The summed E-state index contributed by atoms with van der Waals surface area (Å²) in [6.45, 7) is 1.72. The van der Waals surface area contributed by atoms with E-state index < -0.39 is 6.09 Å². The van der Waals surface area contributed by atoms with Crippen LogP contribution in [0.15, 0.2) is 12.1 Å². The van der Waals surface area contributed by atoms with Crippen LogP contribution in [-0.4, -0.2) is 16.2 Å². The molecule has 0 bridgehead atoms. The van der Waals surface area contributed by atoms with Crippen molar-refractivity contribution in [1.29, 1.82) is 5.26 Å². The van der Waals surface area contributed by atoms with Gasteiger partial charge in [-0.3, -0.25) is 5.32 Å². The number of hydrogen-bond donors (Lipinski definition) is 2. The van der Waals surface area contributed by atoms with E-state index in [1.807, 2.05) is 11.4 Å². The molecule has 0 aromatic carbocycles. The lowest BCUT2D eigenvalue weighted by molar-refractivity contribution is 0.209. The Labute approximate surface area is 74.6 Å². The van der Waals surface area contributed by atoms with Gasteiger partial charge in [-0.2, -0.15) is 5.26 Å². The summed E-state index contributed by atoms with van der Waals surface area (Å²) in [6.07, 6.45) is -1.23. The maximum absolute atomic E-state index is 10.3. The van der Waals surface area contributed by atoms with Crippen LogP contribution in [0, 0.1) is 18.3 Å². The van der Waals surface area contributed by atoms with E-state index in [0.29, 0.717) is 5.69 Å². The van der Waals surface area contributed by atoms with E-state index in [1.54, 1.807) is 13.0 Å². The van der Waals surface area contributed by atoms with Crippen LogP contribution in [0.3, 0.4) is 0 Å². The number of amides is 1. The number of carboxylic acid groups (broad SMARTS) is 1. The Balaban J connectivity index is 3.10. The lowest BCUT2D eigenvalue weighted by Crippen LogP contribution is -2.10. The van der Waals surface area contributed by atoms with Crippen molar-refractivity contribution in [3.05, 3.63) is 23.4 Å². The smallest absolute Gasteiger partial charge is 0.410 e. The summed E-state index contributed by atoms with van der Waals surface area (Å²) >= 11 is 0. The van der Waals surface area contributed by atoms with Crippen molar-refractivity contribution in [2.24, 2.45) is 0 Å². The van der Waals surface area contributed by atoms with Gasteiger partial charge >= 0.3 is 6.09 Å². The highest BCUT2D eigenvalue weighted by Gasteiger charge is 2.05. The highest BCUT2D eigenvalue weighted by atomic mass is 16.4. The number of hydrogen-bond acceptors (Lipinski definition) is 3. The summed E-state index contributed by atoms with van der Waals surface area (Å²) < 4.78 is 0. The van der Waals surface area contributed by atoms with E-state index in [9.17, 15) is 4.79 Å². The van der Waals surface area contributed by atoms with Gasteiger partial charge in [0.15, 0.2) is 5.82 Å². The Hall–Kier alpha value is -2.09. The number of nitrogens with one attached hydrogen (secondary N) is 1. The van der Waals surface area contributed by atoms with Crippen molar-refractivity contribution in [2.75, 3.05) is 5.32 Å². The molecule has 0 saturated heterocycles. The maximum atomic E-state index is 10.3. The Morgan fingerprint density at radius 2 is 2.38 bits per heavy atom. The van der Waals surface area contributed by atoms with Crippen LogP contribution < -0.4 is 5.32 Å². The molecule has 66 valence electrons. The second-order valence-electron chi connectivity index (χ2n) is 2.39. The highest BCUT2D eigenvalue weighted by Crippen LogP contribution is 2.11. The number of rotatable bonds is 1. The van der Waals surface area contributed by atoms with Crippen molar-refractivity contribution in [3.63, 3.8) is 0 Å². The lowest BCUT2D eigenvalue weighted by Gasteiger charge is -2.02. The quantitative estimate of drug-likeness (QED) is 0.677. The summed E-state index contributed by atoms with van der Waals surface area (Å²) in [5.41, 5.74) is 0.871. The molecule has 5 heteroatoms. The van der Waals surface area contributed by atoms with Crippen LogP contribution in [-0.2, 0) is 0 Å². The molecule has 0 aliphatic carbocycles. The predicted molar refractivity (Wildman–Crippen MR) is 45.3 cm³/mol. The van der Waals surface area contributed by atoms with Gasteiger partial charge in [0, 0.05) is 5.69 Å². The molecule has 13 heavy (non-hydrogen) atoms. The molecule has 5 nitrogen and oxygen atoms in total. The molecular weight excluding hydrogens is 170 g/mol. The first kappa shape index (κ1) is 9.00. The highest BCUT2D eigenvalue weighted by molar-refractivity contribution is 5.83. The average molecular weight is 177 g/mol. The zero-order valence-electron chi connectivity index (χ0n) is 6.90. The first-order chi connectivity index (χ1) is 6.13. The summed E-state index contributed by atoms with van der Waals surface area (Å²) in [4.78, 5) is 14.2. The molecule has 0 unspecified atom stereocenters. The third kappa shape index (κ3) is 2.17. The zero-order valence-corrected chi connectivity index (χ0v) is 6.90. The van der Waals surface area contributed by atoms with Crippen molar-refractivity contribution in [1.82, 2.24) is 4.98 Å². The van der Waals surface area contributed by atoms with Crippen LogP contribution in [0.4, 0.5) is 10.6 Å². The fourth-order valence-corrected chi connectivity index (χ4v) is 0.844. The molecule has 1 aromatic heterocycles. The van der Waals surface area contributed by atoms with Crippen molar-refractivity contribution < 1.29 is 9.90 Å². The number of anilines is 1. The minimum absolute atomic E-state index is 0.0787. The molecule has 0 aliphatic heterocycles. The van der Waals surface area contributed by atoms with Gasteiger partial charge in [-0.05, 0) is 19.1 Å². The fourth-order valence-electron chi connectivity index (χ4n) is 0.844. The van der Waals surface area contributed by atoms with Gasteiger partial charge in [0.25, 0.3) is 0 Å². The molecule has 0 aliphatic rings. The first-order valence-corrected chi connectivity index (χ1v) is 3.51. The molecule has 0 fully saturated rings. The lowest BCUT2D eigenvalue weighted by atomic mass is 10.2. The SMILES string of the molecule is Cc1ccc(C#N)c(NC(=O)O)n1. The van der Waals surface area contributed by atoms with E-state index in [2.05, 4.69) is 4.98 Å². The van der Waals surface area contributed by atoms with Gasteiger partial charge in [-0.1, -0.05) is 0 Å². The van der Waals surface area contributed by atoms with Crippen molar-refractivity contribution in [3.8, 4) is 6.07 Å².